The molecule has 0 bridgehead atoms. The fourth-order valence-corrected chi connectivity index (χ4v) is 1.92. The Morgan fingerprint density at radius 3 is 2.00 bits per heavy atom. The monoisotopic (exact) mass is 257 g/mol. The molecule has 0 radical (unpaired) electrons. The van der Waals surface area contributed by atoms with Gasteiger partial charge in [0.25, 0.3) is 0 Å². The summed E-state index contributed by atoms with van der Waals surface area (Å²) in [6.07, 6.45) is 11.5. The highest BCUT2D eigenvalue weighted by Crippen LogP contribution is 2.11. The molecule has 3 heteroatoms. The summed E-state index contributed by atoms with van der Waals surface area (Å²) >= 11 is 5.52. The van der Waals surface area contributed by atoms with E-state index in [-0.39, 0.29) is 5.78 Å². The maximum Gasteiger partial charge on any atom is 0.178 e. The Kier molecular flexibility index (Phi) is 11.5. The second-order valence-corrected chi connectivity index (χ2v) is 4.97. The molecule has 98 valence electrons. The second-order valence-electron chi connectivity index (χ2n) is 4.54. The van der Waals surface area contributed by atoms with Gasteiger partial charge in [0, 0.05) is 6.42 Å². The number of ketones is 1. The number of hydrogen-bond acceptors (Lipinski definition) is 2. The number of halogens is 1. The molecule has 0 aromatic rings. The lowest BCUT2D eigenvalue weighted by molar-refractivity contribution is -0.117. The van der Waals surface area contributed by atoms with Crippen LogP contribution in [0.15, 0.2) is 0 Å². The van der Waals surface area contributed by atoms with Crippen LogP contribution in [0.4, 0.5) is 0 Å². The number of nitrogens with zero attached hydrogens (tertiary/aromatic N) is 1. The van der Waals surface area contributed by atoms with E-state index in [1.54, 1.807) is 6.07 Å². The second kappa shape index (κ2) is 11.9. The number of alkyl halides is 1. The summed E-state index contributed by atoms with van der Waals surface area (Å²) in [4.78, 5) is 11.2. The maximum absolute atomic E-state index is 11.2. The van der Waals surface area contributed by atoms with Crippen molar-refractivity contribution >= 4 is 17.4 Å². The van der Waals surface area contributed by atoms with Crippen LogP contribution in [-0.2, 0) is 4.79 Å². The normalized spacial score (nSPS) is 12.1. The number of Topliss-reactive ketones (excluding diaryl/α,β-unsaturated/α-hetero) is 1. The first-order valence-corrected chi connectivity index (χ1v) is 7.22. The van der Waals surface area contributed by atoms with Crippen LogP contribution in [0.25, 0.3) is 0 Å². The smallest absolute Gasteiger partial charge is 0.178 e. The minimum absolute atomic E-state index is 0.128. The zero-order chi connectivity index (χ0) is 12.9. The van der Waals surface area contributed by atoms with Crippen LogP contribution in [0, 0.1) is 11.3 Å². The van der Waals surface area contributed by atoms with Gasteiger partial charge in [-0.05, 0) is 6.42 Å². The number of nitriles is 1. The molecule has 17 heavy (non-hydrogen) atoms. The minimum atomic E-state index is -0.941. The molecule has 1 unspecified atom stereocenters. The van der Waals surface area contributed by atoms with Gasteiger partial charge in [-0.3, -0.25) is 4.79 Å². The maximum atomic E-state index is 11.2. The van der Waals surface area contributed by atoms with Crippen molar-refractivity contribution in [2.75, 3.05) is 0 Å². The lowest BCUT2D eigenvalue weighted by Crippen LogP contribution is -2.11. The molecule has 0 saturated heterocycles. The largest absolute Gasteiger partial charge is 0.297 e. The molecule has 0 spiro atoms. The summed E-state index contributed by atoms with van der Waals surface area (Å²) in [5, 5.41) is 7.51. The summed E-state index contributed by atoms with van der Waals surface area (Å²) in [6.45, 7) is 2.22. The van der Waals surface area contributed by atoms with E-state index < -0.39 is 5.38 Å². The van der Waals surface area contributed by atoms with Gasteiger partial charge in [0.2, 0.25) is 0 Å². The van der Waals surface area contributed by atoms with Crippen molar-refractivity contribution in [1.82, 2.24) is 0 Å². The molecular formula is C14H24ClNO. The predicted molar refractivity (Wildman–Crippen MR) is 72.1 cm³/mol. The summed E-state index contributed by atoms with van der Waals surface area (Å²) in [7, 11) is 0. The molecular weight excluding hydrogens is 234 g/mol. The number of carbonyl (C=O) groups is 1. The van der Waals surface area contributed by atoms with E-state index in [9.17, 15) is 4.79 Å². The first kappa shape index (κ1) is 16.4. The molecule has 0 N–H and O–H groups in total. The van der Waals surface area contributed by atoms with Crippen molar-refractivity contribution in [2.24, 2.45) is 0 Å². The Bertz CT molecular complexity index is 235. The molecule has 1 atom stereocenters. The molecule has 0 aromatic heterocycles. The standard InChI is InChI=1S/C14H24ClNO/c1-2-3-4-5-6-7-8-9-10-11-14(17)13(15)12-16/h13H,2-11H2,1H3. The quantitative estimate of drug-likeness (QED) is 0.401. The van der Waals surface area contributed by atoms with E-state index in [2.05, 4.69) is 6.92 Å². The summed E-state index contributed by atoms with van der Waals surface area (Å²) in [5.74, 6) is -0.128. The zero-order valence-corrected chi connectivity index (χ0v) is 11.6. The van der Waals surface area contributed by atoms with Gasteiger partial charge >= 0.3 is 0 Å². The minimum Gasteiger partial charge on any atom is -0.297 e. The fourth-order valence-electron chi connectivity index (χ4n) is 1.81. The van der Waals surface area contributed by atoms with E-state index >= 15 is 0 Å². The van der Waals surface area contributed by atoms with Crippen LogP contribution in [-0.4, -0.2) is 11.2 Å². The van der Waals surface area contributed by atoms with E-state index in [4.69, 9.17) is 16.9 Å². The van der Waals surface area contributed by atoms with Gasteiger partial charge in [-0.2, -0.15) is 5.26 Å². The van der Waals surface area contributed by atoms with Crippen molar-refractivity contribution in [1.29, 1.82) is 5.26 Å². The average molecular weight is 258 g/mol. The first-order valence-electron chi connectivity index (χ1n) is 6.78. The van der Waals surface area contributed by atoms with Crippen LogP contribution in [0.5, 0.6) is 0 Å². The Labute approximate surface area is 110 Å². The average Bonchev–Trinajstić information content (AvgIpc) is 2.35. The van der Waals surface area contributed by atoms with Crippen LogP contribution in [0.3, 0.4) is 0 Å². The molecule has 0 heterocycles. The van der Waals surface area contributed by atoms with Crippen molar-refractivity contribution in [3.63, 3.8) is 0 Å². The van der Waals surface area contributed by atoms with Crippen LogP contribution in [0.2, 0.25) is 0 Å². The lowest BCUT2D eigenvalue weighted by Gasteiger charge is -2.02. The highest BCUT2D eigenvalue weighted by Gasteiger charge is 2.12. The van der Waals surface area contributed by atoms with Gasteiger partial charge in [0.15, 0.2) is 11.2 Å². The van der Waals surface area contributed by atoms with Crippen LogP contribution >= 0.6 is 11.6 Å². The summed E-state index contributed by atoms with van der Waals surface area (Å²) in [6, 6.07) is 1.76. The highest BCUT2D eigenvalue weighted by atomic mass is 35.5. The van der Waals surface area contributed by atoms with Crippen molar-refractivity contribution in [3.8, 4) is 6.07 Å². The van der Waals surface area contributed by atoms with E-state index in [0.717, 1.165) is 12.8 Å². The molecule has 0 rings (SSSR count). The Morgan fingerprint density at radius 2 is 1.53 bits per heavy atom. The molecule has 0 amide bonds. The van der Waals surface area contributed by atoms with Crippen LogP contribution < -0.4 is 0 Å². The Balaban J connectivity index is 3.19. The van der Waals surface area contributed by atoms with E-state index in [1.165, 1.54) is 44.9 Å². The van der Waals surface area contributed by atoms with Crippen molar-refractivity contribution in [3.05, 3.63) is 0 Å². The number of hydrogen-bond donors (Lipinski definition) is 0. The number of carbonyl (C=O) groups excluding carboxylic acids is 1. The molecule has 0 aliphatic heterocycles. The molecule has 0 saturated carbocycles. The SMILES string of the molecule is CCCCCCCCCCCC(=O)C(Cl)C#N. The fraction of sp³-hybridized carbons (Fsp3) is 0.857. The van der Waals surface area contributed by atoms with E-state index in [1.807, 2.05) is 0 Å². The highest BCUT2D eigenvalue weighted by molar-refractivity contribution is 6.33. The third-order valence-corrected chi connectivity index (χ3v) is 3.26. The van der Waals surface area contributed by atoms with Gasteiger partial charge < -0.3 is 0 Å². The van der Waals surface area contributed by atoms with Crippen molar-refractivity contribution < 1.29 is 4.79 Å². The van der Waals surface area contributed by atoms with Crippen molar-refractivity contribution in [2.45, 2.75) is 76.5 Å². The molecule has 0 aromatic carbocycles. The van der Waals surface area contributed by atoms with Gasteiger partial charge in [0.05, 0.1) is 6.07 Å². The third-order valence-electron chi connectivity index (χ3n) is 2.92. The first-order chi connectivity index (χ1) is 8.22. The number of rotatable bonds is 11. The zero-order valence-electron chi connectivity index (χ0n) is 10.9. The topological polar surface area (TPSA) is 40.9 Å². The lowest BCUT2D eigenvalue weighted by atomic mass is 10.0. The molecule has 0 fully saturated rings. The Morgan fingerprint density at radius 1 is 1.06 bits per heavy atom. The van der Waals surface area contributed by atoms with Gasteiger partial charge in [-0.25, -0.2) is 0 Å². The third kappa shape index (κ3) is 10.3. The molecule has 2 nitrogen and oxygen atoms in total. The molecule has 0 aliphatic rings. The summed E-state index contributed by atoms with van der Waals surface area (Å²) in [5.41, 5.74) is 0. The van der Waals surface area contributed by atoms with Gasteiger partial charge in [-0.1, -0.05) is 69.9 Å². The number of unbranched alkanes of at least 4 members (excludes halogenated alkanes) is 8. The Hall–Kier alpha value is -0.550. The van der Waals surface area contributed by atoms with E-state index in [0.29, 0.717) is 6.42 Å². The predicted octanol–water partition coefficient (Wildman–Crippen LogP) is 4.61. The van der Waals surface area contributed by atoms with Gasteiger partial charge in [-0.15, -0.1) is 0 Å². The summed E-state index contributed by atoms with van der Waals surface area (Å²) < 4.78 is 0. The van der Waals surface area contributed by atoms with Crippen LogP contribution in [0.1, 0.15) is 71.1 Å². The van der Waals surface area contributed by atoms with Gasteiger partial charge in [0.1, 0.15) is 0 Å². The molecule has 0 aliphatic carbocycles.